The van der Waals surface area contributed by atoms with Gasteiger partial charge in [0.05, 0.1) is 5.69 Å². The topological polar surface area (TPSA) is 48.5 Å². The summed E-state index contributed by atoms with van der Waals surface area (Å²) in [6, 6.07) is 13.1. The average Bonchev–Trinajstić information content (AvgIpc) is 2.49. The molecule has 0 unspecified atom stereocenters. The molecular formula is C15H16N4O. The van der Waals surface area contributed by atoms with Crippen LogP contribution in [0.3, 0.4) is 0 Å². The Morgan fingerprint density at radius 1 is 1.15 bits per heavy atom. The third-order valence-corrected chi connectivity index (χ3v) is 3.35. The Labute approximate surface area is 117 Å². The number of hydrogen-bond donors (Lipinski definition) is 1. The molecule has 0 aliphatic carbocycles. The SMILES string of the molecule is CN1CCN(C(=O)Nc2ccccc2)c2cccnc21. The fourth-order valence-corrected chi connectivity index (χ4v) is 2.29. The van der Waals surface area contributed by atoms with E-state index >= 15 is 0 Å². The quantitative estimate of drug-likeness (QED) is 0.864. The lowest BCUT2D eigenvalue weighted by Gasteiger charge is -2.34. The minimum Gasteiger partial charge on any atom is -0.356 e. The molecule has 1 aromatic heterocycles. The molecule has 0 radical (unpaired) electrons. The van der Waals surface area contributed by atoms with Gasteiger partial charge in [0.25, 0.3) is 0 Å². The predicted molar refractivity (Wildman–Crippen MR) is 80.3 cm³/mol. The van der Waals surface area contributed by atoms with Crippen LogP contribution in [0.25, 0.3) is 0 Å². The van der Waals surface area contributed by atoms with Gasteiger partial charge < -0.3 is 10.2 Å². The number of aromatic nitrogens is 1. The number of carbonyl (C=O) groups is 1. The molecule has 0 saturated carbocycles. The lowest BCUT2D eigenvalue weighted by molar-refractivity contribution is 0.257. The van der Waals surface area contributed by atoms with Crippen LogP contribution in [-0.4, -0.2) is 31.2 Å². The molecule has 20 heavy (non-hydrogen) atoms. The number of anilines is 3. The number of benzene rings is 1. The van der Waals surface area contributed by atoms with Crippen LogP contribution < -0.4 is 15.1 Å². The number of nitrogens with one attached hydrogen (secondary N) is 1. The summed E-state index contributed by atoms with van der Waals surface area (Å²) in [5.41, 5.74) is 1.64. The molecule has 0 bridgehead atoms. The molecule has 1 aliphatic heterocycles. The van der Waals surface area contributed by atoms with E-state index in [1.165, 1.54) is 0 Å². The highest BCUT2D eigenvalue weighted by molar-refractivity contribution is 6.04. The molecule has 0 saturated heterocycles. The van der Waals surface area contributed by atoms with Gasteiger partial charge in [0, 0.05) is 32.0 Å². The van der Waals surface area contributed by atoms with Crippen molar-refractivity contribution >= 4 is 23.2 Å². The van der Waals surface area contributed by atoms with Crippen molar-refractivity contribution in [2.45, 2.75) is 0 Å². The summed E-state index contributed by atoms with van der Waals surface area (Å²) in [6.45, 7) is 1.42. The number of pyridine rings is 1. The fourth-order valence-electron chi connectivity index (χ4n) is 2.29. The lowest BCUT2D eigenvalue weighted by Crippen LogP contribution is -2.45. The van der Waals surface area contributed by atoms with Crippen LogP contribution >= 0.6 is 0 Å². The molecule has 1 N–H and O–H groups in total. The molecule has 2 aromatic rings. The Balaban J connectivity index is 1.84. The zero-order valence-electron chi connectivity index (χ0n) is 11.3. The Morgan fingerprint density at radius 3 is 2.75 bits per heavy atom. The zero-order chi connectivity index (χ0) is 13.9. The number of hydrogen-bond acceptors (Lipinski definition) is 3. The minimum atomic E-state index is -0.126. The molecule has 1 aliphatic rings. The molecule has 5 nitrogen and oxygen atoms in total. The zero-order valence-corrected chi connectivity index (χ0v) is 11.3. The summed E-state index contributed by atoms with van der Waals surface area (Å²) >= 11 is 0. The molecule has 0 spiro atoms. The van der Waals surface area contributed by atoms with E-state index in [-0.39, 0.29) is 6.03 Å². The van der Waals surface area contributed by atoms with Crippen LogP contribution in [0.15, 0.2) is 48.7 Å². The van der Waals surface area contributed by atoms with Gasteiger partial charge in [-0.05, 0) is 24.3 Å². The van der Waals surface area contributed by atoms with Gasteiger partial charge in [0.15, 0.2) is 5.82 Å². The molecular weight excluding hydrogens is 252 g/mol. The highest BCUT2D eigenvalue weighted by Gasteiger charge is 2.25. The molecule has 2 heterocycles. The van der Waals surface area contributed by atoms with E-state index in [9.17, 15) is 4.79 Å². The van der Waals surface area contributed by atoms with Gasteiger partial charge in [-0.3, -0.25) is 4.90 Å². The average molecular weight is 268 g/mol. The molecule has 0 atom stereocenters. The number of amides is 2. The first-order chi connectivity index (χ1) is 9.75. The van der Waals surface area contributed by atoms with Crippen LogP contribution in [0.2, 0.25) is 0 Å². The number of carbonyl (C=O) groups excluding carboxylic acids is 1. The monoisotopic (exact) mass is 268 g/mol. The largest absolute Gasteiger partial charge is 0.356 e. The maximum absolute atomic E-state index is 12.4. The van der Waals surface area contributed by atoms with Gasteiger partial charge in [-0.1, -0.05) is 18.2 Å². The van der Waals surface area contributed by atoms with Crippen LogP contribution in [-0.2, 0) is 0 Å². The third-order valence-electron chi connectivity index (χ3n) is 3.35. The van der Waals surface area contributed by atoms with Crippen LogP contribution in [0, 0.1) is 0 Å². The second-order valence-electron chi connectivity index (χ2n) is 4.72. The van der Waals surface area contributed by atoms with E-state index in [1.54, 1.807) is 11.1 Å². The van der Waals surface area contributed by atoms with Crippen molar-refractivity contribution < 1.29 is 4.79 Å². The van der Waals surface area contributed by atoms with Crippen LogP contribution in [0.1, 0.15) is 0 Å². The van der Waals surface area contributed by atoms with Crippen molar-refractivity contribution in [1.82, 2.24) is 4.98 Å². The number of rotatable bonds is 1. The summed E-state index contributed by atoms with van der Waals surface area (Å²) in [5.74, 6) is 0.835. The predicted octanol–water partition coefficient (Wildman–Crippen LogP) is 2.57. The van der Waals surface area contributed by atoms with E-state index in [0.29, 0.717) is 6.54 Å². The van der Waals surface area contributed by atoms with Gasteiger partial charge in [-0.2, -0.15) is 0 Å². The highest BCUT2D eigenvalue weighted by atomic mass is 16.2. The summed E-state index contributed by atoms with van der Waals surface area (Å²) in [5, 5.41) is 2.91. The smallest absolute Gasteiger partial charge is 0.326 e. The van der Waals surface area contributed by atoms with Gasteiger partial charge in [-0.15, -0.1) is 0 Å². The first-order valence-corrected chi connectivity index (χ1v) is 6.55. The fraction of sp³-hybridized carbons (Fsp3) is 0.200. The molecule has 3 rings (SSSR count). The summed E-state index contributed by atoms with van der Waals surface area (Å²) in [4.78, 5) is 20.5. The van der Waals surface area contributed by atoms with Gasteiger partial charge in [0.2, 0.25) is 0 Å². The van der Waals surface area contributed by atoms with E-state index in [0.717, 1.165) is 23.7 Å². The molecule has 2 amide bonds. The Hall–Kier alpha value is -2.56. The summed E-state index contributed by atoms with van der Waals surface area (Å²) in [7, 11) is 1.98. The second-order valence-corrected chi connectivity index (χ2v) is 4.72. The third kappa shape index (κ3) is 2.30. The Kier molecular flexibility index (Phi) is 3.25. The van der Waals surface area contributed by atoms with Gasteiger partial charge >= 0.3 is 6.03 Å². The van der Waals surface area contributed by atoms with Crippen molar-refractivity contribution in [3.63, 3.8) is 0 Å². The first-order valence-electron chi connectivity index (χ1n) is 6.55. The normalized spacial score (nSPS) is 13.8. The molecule has 0 fully saturated rings. The number of para-hydroxylation sites is 1. The highest BCUT2D eigenvalue weighted by Crippen LogP contribution is 2.29. The van der Waals surface area contributed by atoms with Crippen molar-refractivity contribution in [2.75, 3.05) is 35.3 Å². The Morgan fingerprint density at radius 2 is 1.95 bits per heavy atom. The van der Waals surface area contributed by atoms with Crippen molar-refractivity contribution in [2.24, 2.45) is 0 Å². The van der Waals surface area contributed by atoms with Crippen molar-refractivity contribution in [3.05, 3.63) is 48.7 Å². The van der Waals surface area contributed by atoms with E-state index < -0.39 is 0 Å². The van der Waals surface area contributed by atoms with E-state index in [4.69, 9.17) is 0 Å². The minimum absolute atomic E-state index is 0.126. The molecule has 5 heteroatoms. The standard InChI is InChI=1S/C15H16N4O/c1-18-10-11-19(13-8-5-9-16-14(13)18)15(20)17-12-6-3-2-4-7-12/h2-9H,10-11H2,1H3,(H,17,20). The maximum Gasteiger partial charge on any atom is 0.326 e. The van der Waals surface area contributed by atoms with Crippen LogP contribution in [0.4, 0.5) is 22.0 Å². The van der Waals surface area contributed by atoms with Crippen molar-refractivity contribution in [1.29, 1.82) is 0 Å². The first kappa shape index (κ1) is 12.5. The summed E-state index contributed by atoms with van der Waals surface area (Å²) in [6.07, 6.45) is 1.74. The number of likely N-dealkylation sites (N-methyl/N-ethyl adjacent to an activating group) is 1. The van der Waals surface area contributed by atoms with E-state index in [1.807, 2.05) is 49.5 Å². The number of fused-ring (bicyclic) bond motifs is 1. The van der Waals surface area contributed by atoms with Crippen molar-refractivity contribution in [3.8, 4) is 0 Å². The van der Waals surface area contributed by atoms with Gasteiger partial charge in [-0.25, -0.2) is 9.78 Å². The maximum atomic E-state index is 12.4. The molecule has 102 valence electrons. The lowest BCUT2D eigenvalue weighted by atomic mass is 10.2. The second kappa shape index (κ2) is 5.21. The number of urea groups is 1. The molecule has 1 aromatic carbocycles. The summed E-state index contributed by atoms with van der Waals surface area (Å²) < 4.78 is 0. The van der Waals surface area contributed by atoms with Gasteiger partial charge in [0.1, 0.15) is 0 Å². The van der Waals surface area contributed by atoms with E-state index in [2.05, 4.69) is 15.2 Å². The number of nitrogens with zero attached hydrogens (tertiary/aromatic N) is 3. The van der Waals surface area contributed by atoms with Crippen LogP contribution in [0.5, 0.6) is 0 Å². The Bertz CT molecular complexity index is 614.